The zero-order chi connectivity index (χ0) is 19.4. The second kappa shape index (κ2) is 8.59. The number of rotatable bonds is 5. The molecule has 1 atom stereocenters. The van der Waals surface area contributed by atoms with Crippen LogP contribution in [0, 0.1) is 0 Å². The predicted octanol–water partition coefficient (Wildman–Crippen LogP) is 3.55. The fraction of sp³-hybridized carbons (Fsp3) is 0.611. The van der Waals surface area contributed by atoms with Crippen molar-refractivity contribution >= 4 is 27.7 Å². The van der Waals surface area contributed by atoms with Crippen molar-refractivity contribution in [3.63, 3.8) is 0 Å². The molecular formula is C18H27ClN2O4S. The van der Waals surface area contributed by atoms with Crippen molar-refractivity contribution in [1.29, 1.82) is 0 Å². The first-order valence-electron chi connectivity index (χ1n) is 8.77. The number of halogens is 1. The van der Waals surface area contributed by atoms with Crippen LogP contribution in [-0.2, 0) is 20.5 Å². The number of hydrogen-bond acceptors (Lipinski definition) is 4. The Kier molecular flexibility index (Phi) is 6.93. The zero-order valence-electron chi connectivity index (χ0n) is 15.5. The standard InChI is InChI=1S/C18H27ClN2O4S/c1-18(2,3)25-17(22)21-11-5-4-6-16(21)12-20-26(23,24)13-14-7-9-15(19)10-8-14/h7-10,16,20H,4-6,11-13H2,1-3H3/t16-/m1/s1. The molecule has 0 saturated carbocycles. The largest absolute Gasteiger partial charge is 0.444 e. The zero-order valence-corrected chi connectivity index (χ0v) is 17.1. The lowest BCUT2D eigenvalue weighted by atomic mass is 10.0. The number of sulfonamides is 1. The minimum absolute atomic E-state index is 0.122. The summed E-state index contributed by atoms with van der Waals surface area (Å²) >= 11 is 5.82. The van der Waals surface area contributed by atoms with Gasteiger partial charge in [-0.05, 0) is 57.7 Å². The summed E-state index contributed by atoms with van der Waals surface area (Å²) in [5.41, 5.74) is 0.0854. The van der Waals surface area contributed by atoms with Crippen LogP contribution < -0.4 is 4.72 Å². The SMILES string of the molecule is CC(C)(C)OC(=O)N1CCCC[C@@H]1CNS(=O)(=O)Cc1ccc(Cl)cc1. The van der Waals surface area contributed by atoms with Crippen LogP contribution in [-0.4, -0.2) is 44.1 Å². The van der Waals surface area contributed by atoms with Crippen molar-refractivity contribution < 1.29 is 17.9 Å². The maximum absolute atomic E-state index is 12.4. The monoisotopic (exact) mass is 402 g/mol. The van der Waals surface area contributed by atoms with Crippen molar-refractivity contribution in [3.8, 4) is 0 Å². The van der Waals surface area contributed by atoms with Crippen molar-refractivity contribution in [2.75, 3.05) is 13.1 Å². The number of likely N-dealkylation sites (tertiary alicyclic amines) is 1. The molecule has 1 aliphatic rings. The van der Waals surface area contributed by atoms with Gasteiger partial charge in [0.1, 0.15) is 5.60 Å². The number of nitrogens with one attached hydrogen (secondary N) is 1. The summed E-state index contributed by atoms with van der Waals surface area (Å²) in [7, 11) is -3.50. The average Bonchev–Trinajstić information content (AvgIpc) is 2.54. The Morgan fingerprint density at radius 3 is 2.54 bits per heavy atom. The molecule has 0 bridgehead atoms. The van der Waals surface area contributed by atoms with Crippen LogP contribution in [0.2, 0.25) is 5.02 Å². The molecule has 1 heterocycles. The van der Waals surface area contributed by atoms with Gasteiger partial charge >= 0.3 is 6.09 Å². The van der Waals surface area contributed by atoms with Gasteiger partial charge in [-0.1, -0.05) is 23.7 Å². The highest BCUT2D eigenvalue weighted by atomic mass is 35.5. The molecule has 0 aliphatic carbocycles. The number of ether oxygens (including phenoxy) is 1. The first-order valence-corrected chi connectivity index (χ1v) is 10.8. The van der Waals surface area contributed by atoms with E-state index >= 15 is 0 Å². The van der Waals surface area contributed by atoms with E-state index in [9.17, 15) is 13.2 Å². The molecule has 146 valence electrons. The van der Waals surface area contributed by atoms with E-state index in [1.807, 2.05) is 20.8 Å². The summed E-state index contributed by atoms with van der Waals surface area (Å²) in [5.74, 6) is -0.122. The quantitative estimate of drug-likeness (QED) is 0.817. The highest BCUT2D eigenvalue weighted by molar-refractivity contribution is 7.88. The molecule has 1 N–H and O–H groups in total. The molecule has 0 aromatic heterocycles. The van der Waals surface area contributed by atoms with Gasteiger partial charge in [0.15, 0.2) is 0 Å². The van der Waals surface area contributed by atoms with E-state index in [0.717, 1.165) is 19.3 Å². The molecule has 1 saturated heterocycles. The highest BCUT2D eigenvalue weighted by Crippen LogP contribution is 2.20. The Labute approximate surface area is 160 Å². The van der Waals surface area contributed by atoms with Gasteiger partial charge in [-0.2, -0.15) is 0 Å². The van der Waals surface area contributed by atoms with Crippen LogP contribution in [0.3, 0.4) is 0 Å². The Bertz CT molecular complexity index is 714. The van der Waals surface area contributed by atoms with E-state index in [2.05, 4.69) is 4.72 Å². The Balaban J connectivity index is 1.96. The summed E-state index contributed by atoms with van der Waals surface area (Å²) in [6.45, 7) is 6.23. The van der Waals surface area contributed by atoms with E-state index in [-0.39, 0.29) is 24.4 Å². The summed E-state index contributed by atoms with van der Waals surface area (Å²) in [6, 6.07) is 6.51. The minimum atomic E-state index is -3.50. The first-order chi connectivity index (χ1) is 12.1. The normalized spacial score (nSPS) is 18.6. The van der Waals surface area contributed by atoms with Gasteiger partial charge in [0.05, 0.1) is 5.75 Å². The van der Waals surface area contributed by atoms with Crippen molar-refractivity contribution in [2.24, 2.45) is 0 Å². The number of nitrogens with zero attached hydrogens (tertiary/aromatic N) is 1. The molecule has 1 aromatic rings. The molecular weight excluding hydrogens is 376 g/mol. The lowest BCUT2D eigenvalue weighted by Gasteiger charge is -2.36. The van der Waals surface area contributed by atoms with E-state index in [1.54, 1.807) is 29.2 Å². The first kappa shape index (κ1) is 21.0. The summed E-state index contributed by atoms with van der Waals surface area (Å²) in [4.78, 5) is 14.0. The van der Waals surface area contributed by atoms with E-state index < -0.39 is 15.6 Å². The van der Waals surface area contributed by atoms with Gasteiger partial charge in [0.25, 0.3) is 0 Å². The van der Waals surface area contributed by atoms with Crippen LogP contribution in [0.5, 0.6) is 0 Å². The Morgan fingerprint density at radius 1 is 1.27 bits per heavy atom. The van der Waals surface area contributed by atoms with Crippen LogP contribution >= 0.6 is 11.6 Å². The maximum Gasteiger partial charge on any atom is 0.410 e. The van der Waals surface area contributed by atoms with Crippen molar-refractivity contribution in [1.82, 2.24) is 9.62 Å². The number of carbonyl (C=O) groups is 1. The fourth-order valence-corrected chi connectivity index (χ4v) is 4.15. The molecule has 1 aromatic carbocycles. The smallest absolute Gasteiger partial charge is 0.410 e. The van der Waals surface area contributed by atoms with Gasteiger partial charge in [0, 0.05) is 24.2 Å². The maximum atomic E-state index is 12.4. The van der Waals surface area contributed by atoms with E-state index in [0.29, 0.717) is 17.1 Å². The second-order valence-corrected chi connectivity index (χ2v) is 9.80. The van der Waals surface area contributed by atoms with Crippen LogP contribution in [0.4, 0.5) is 4.79 Å². The molecule has 0 radical (unpaired) electrons. The highest BCUT2D eigenvalue weighted by Gasteiger charge is 2.31. The molecule has 6 nitrogen and oxygen atoms in total. The topological polar surface area (TPSA) is 75.7 Å². The molecule has 8 heteroatoms. The lowest BCUT2D eigenvalue weighted by molar-refractivity contribution is 0.0105. The molecule has 26 heavy (non-hydrogen) atoms. The van der Waals surface area contributed by atoms with Gasteiger partial charge in [-0.25, -0.2) is 17.9 Å². The third-order valence-electron chi connectivity index (χ3n) is 4.06. The Morgan fingerprint density at radius 2 is 1.92 bits per heavy atom. The number of amides is 1. The van der Waals surface area contributed by atoms with Crippen LogP contribution in [0.1, 0.15) is 45.6 Å². The average molecular weight is 403 g/mol. The Hall–Kier alpha value is -1.31. The molecule has 1 aliphatic heterocycles. The minimum Gasteiger partial charge on any atom is -0.444 e. The fourth-order valence-electron chi connectivity index (χ4n) is 2.85. The molecule has 2 rings (SSSR count). The number of benzene rings is 1. The number of piperidine rings is 1. The van der Waals surface area contributed by atoms with E-state index in [4.69, 9.17) is 16.3 Å². The molecule has 1 fully saturated rings. The van der Waals surface area contributed by atoms with Crippen molar-refractivity contribution in [3.05, 3.63) is 34.9 Å². The summed E-state index contributed by atoms with van der Waals surface area (Å²) in [5, 5.41) is 0.564. The molecule has 1 amide bonds. The van der Waals surface area contributed by atoms with Gasteiger partial charge in [0.2, 0.25) is 10.0 Å². The van der Waals surface area contributed by atoms with Gasteiger partial charge < -0.3 is 9.64 Å². The second-order valence-electron chi connectivity index (χ2n) is 7.56. The number of carbonyl (C=O) groups excluding carboxylic acids is 1. The van der Waals surface area contributed by atoms with Crippen LogP contribution in [0.25, 0.3) is 0 Å². The third kappa shape index (κ3) is 6.78. The molecule has 0 spiro atoms. The molecule has 0 unspecified atom stereocenters. The lowest BCUT2D eigenvalue weighted by Crippen LogP contribution is -2.50. The number of hydrogen-bond donors (Lipinski definition) is 1. The summed E-state index contributed by atoms with van der Waals surface area (Å²) in [6.07, 6.45) is 2.22. The van der Waals surface area contributed by atoms with Crippen molar-refractivity contribution in [2.45, 2.75) is 57.4 Å². The van der Waals surface area contributed by atoms with E-state index in [1.165, 1.54) is 0 Å². The predicted molar refractivity (Wildman–Crippen MR) is 103 cm³/mol. The third-order valence-corrected chi connectivity index (χ3v) is 5.64. The van der Waals surface area contributed by atoms with Gasteiger partial charge in [-0.15, -0.1) is 0 Å². The summed E-state index contributed by atoms with van der Waals surface area (Å²) < 4.78 is 32.8. The van der Waals surface area contributed by atoms with Crippen LogP contribution in [0.15, 0.2) is 24.3 Å². The van der Waals surface area contributed by atoms with Gasteiger partial charge in [-0.3, -0.25) is 0 Å².